The third-order valence-corrected chi connectivity index (χ3v) is 11.5. The SMILES string of the molecule is CCC(CC)N(CCN(C)C(=O)CCC(=O)O)Cc1cccc(C(=O)Nc2sc3c(c2C(=O)c2cnn(-c4ccc(Cl)cc4)c2)CCSC3)c1. The Bertz CT molecular complexity index is 1840. The van der Waals surface area contributed by atoms with Crippen molar-refractivity contribution >= 4 is 63.3 Å². The Hall–Kier alpha value is -3.97. The van der Waals surface area contributed by atoms with Crippen LogP contribution >= 0.6 is 34.7 Å². The van der Waals surface area contributed by atoms with Crippen molar-refractivity contribution in [2.24, 2.45) is 0 Å². The van der Waals surface area contributed by atoms with Gasteiger partial charge in [0.15, 0.2) is 5.78 Å². The van der Waals surface area contributed by atoms with Gasteiger partial charge in [0.05, 0.1) is 29.4 Å². The fraction of sp³-hybridized carbons (Fsp3) is 0.378. The Kier molecular flexibility index (Phi) is 12.9. The molecule has 1 aliphatic rings. The molecule has 0 aliphatic carbocycles. The fourth-order valence-corrected chi connectivity index (χ4v) is 8.60. The Labute approximate surface area is 305 Å². The maximum absolute atomic E-state index is 14.0. The number of likely N-dealkylation sites (N-methyl/N-ethyl adjacent to an activating group) is 1. The number of carbonyl (C=O) groups excluding carboxylic acids is 3. The second-order valence-electron chi connectivity index (χ2n) is 12.3. The molecule has 2 N–H and O–H groups in total. The van der Waals surface area contributed by atoms with Gasteiger partial charge in [-0.3, -0.25) is 24.1 Å². The first kappa shape index (κ1) is 37.3. The van der Waals surface area contributed by atoms with Crippen molar-refractivity contribution in [1.82, 2.24) is 19.6 Å². The first-order valence-electron chi connectivity index (χ1n) is 16.8. The van der Waals surface area contributed by atoms with Gasteiger partial charge >= 0.3 is 5.97 Å². The van der Waals surface area contributed by atoms with Gasteiger partial charge in [-0.15, -0.1) is 11.3 Å². The monoisotopic (exact) mass is 735 g/mol. The molecule has 0 bridgehead atoms. The molecular weight excluding hydrogens is 694 g/mol. The lowest BCUT2D eigenvalue weighted by atomic mass is 10.0. The normalized spacial score (nSPS) is 12.6. The average molecular weight is 736 g/mol. The van der Waals surface area contributed by atoms with Crippen LogP contribution in [0.3, 0.4) is 0 Å². The van der Waals surface area contributed by atoms with Gasteiger partial charge in [0.25, 0.3) is 5.91 Å². The van der Waals surface area contributed by atoms with Crippen molar-refractivity contribution in [3.8, 4) is 5.69 Å². The number of thioether (sulfide) groups is 1. The number of hydrogen-bond acceptors (Lipinski definition) is 8. The average Bonchev–Trinajstić information content (AvgIpc) is 3.75. The molecule has 0 saturated carbocycles. The first-order valence-corrected chi connectivity index (χ1v) is 19.1. The number of fused-ring (bicyclic) bond motifs is 1. The van der Waals surface area contributed by atoms with Crippen LogP contribution in [0.25, 0.3) is 5.69 Å². The number of carboxylic acid groups (broad SMARTS) is 1. The van der Waals surface area contributed by atoms with Crippen LogP contribution in [0.2, 0.25) is 5.02 Å². The van der Waals surface area contributed by atoms with Gasteiger partial charge in [-0.25, -0.2) is 4.68 Å². The lowest BCUT2D eigenvalue weighted by Crippen LogP contribution is -2.41. The summed E-state index contributed by atoms with van der Waals surface area (Å²) in [6.45, 7) is 5.92. The molecule has 50 heavy (non-hydrogen) atoms. The van der Waals surface area contributed by atoms with E-state index in [9.17, 15) is 19.2 Å². The summed E-state index contributed by atoms with van der Waals surface area (Å²) in [4.78, 5) is 56.2. The van der Waals surface area contributed by atoms with Crippen LogP contribution < -0.4 is 5.32 Å². The number of rotatable bonds is 16. The van der Waals surface area contributed by atoms with E-state index in [0.717, 1.165) is 52.5 Å². The van der Waals surface area contributed by atoms with E-state index in [2.05, 4.69) is 29.2 Å². The summed E-state index contributed by atoms with van der Waals surface area (Å²) >= 11 is 9.33. The number of halogens is 1. The number of carboxylic acids is 1. The minimum atomic E-state index is -0.989. The minimum absolute atomic E-state index is 0.0274. The van der Waals surface area contributed by atoms with Crippen LogP contribution in [0.5, 0.6) is 0 Å². The third kappa shape index (κ3) is 9.22. The van der Waals surface area contributed by atoms with Gasteiger partial charge in [0.1, 0.15) is 5.00 Å². The van der Waals surface area contributed by atoms with Crippen LogP contribution in [0.4, 0.5) is 5.00 Å². The molecule has 1 aliphatic heterocycles. The van der Waals surface area contributed by atoms with E-state index in [0.29, 0.717) is 46.3 Å². The maximum atomic E-state index is 14.0. The highest BCUT2D eigenvalue weighted by atomic mass is 35.5. The Morgan fingerprint density at radius 2 is 1.80 bits per heavy atom. The van der Waals surface area contributed by atoms with Gasteiger partial charge in [-0.1, -0.05) is 37.6 Å². The van der Waals surface area contributed by atoms with Gasteiger partial charge < -0.3 is 15.3 Å². The number of carbonyl (C=O) groups is 4. The summed E-state index contributed by atoms with van der Waals surface area (Å²) in [5, 5.41) is 17.6. The van der Waals surface area contributed by atoms with E-state index in [4.69, 9.17) is 16.7 Å². The van der Waals surface area contributed by atoms with Crippen LogP contribution in [-0.2, 0) is 28.3 Å². The number of nitrogens with zero attached hydrogens (tertiary/aromatic N) is 4. The predicted molar refractivity (Wildman–Crippen MR) is 200 cm³/mol. The molecule has 2 amide bonds. The van der Waals surface area contributed by atoms with E-state index in [1.165, 1.54) is 11.3 Å². The van der Waals surface area contributed by atoms with E-state index >= 15 is 0 Å². The van der Waals surface area contributed by atoms with E-state index in [-0.39, 0.29) is 36.5 Å². The first-order chi connectivity index (χ1) is 24.1. The molecule has 0 fully saturated rings. The van der Waals surface area contributed by atoms with Gasteiger partial charge in [-0.05, 0) is 72.5 Å². The molecular formula is C37H42ClN5O5S2. The largest absolute Gasteiger partial charge is 0.481 e. The zero-order valence-electron chi connectivity index (χ0n) is 28.5. The van der Waals surface area contributed by atoms with E-state index in [1.54, 1.807) is 47.2 Å². The Morgan fingerprint density at radius 1 is 1.04 bits per heavy atom. The number of aromatic nitrogens is 2. The highest BCUT2D eigenvalue weighted by Crippen LogP contribution is 2.41. The minimum Gasteiger partial charge on any atom is -0.481 e. The summed E-state index contributed by atoms with van der Waals surface area (Å²) in [5.41, 5.74) is 4.19. The molecule has 0 spiro atoms. The number of aliphatic carboxylic acids is 1. The zero-order chi connectivity index (χ0) is 35.8. The van der Waals surface area contributed by atoms with Crippen molar-refractivity contribution in [2.45, 2.75) is 64.3 Å². The smallest absolute Gasteiger partial charge is 0.303 e. The lowest BCUT2D eigenvalue weighted by Gasteiger charge is -2.32. The quantitative estimate of drug-likeness (QED) is 0.116. The molecule has 0 saturated heterocycles. The Balaban J connectivity index is 1.33. The van der Waals surface area contributed by atoms with Crippen LogP contribution in [0, 0.1) is 0 Å². The van der Waals surface area contributed by atoms with Gasteiger partial charge in [0.2, 0.25) is 5.91 Å². The number of anilines is 1. The van der Waals surface area contributed by atoms with Crippen LogP contribution in [-0.4, -0.2) is 80.2 Å². The molecule has 13 heteroatoms. The van der Waals surface area contributed by atoms with Crippen molar-refractivity contribution < 1.29 is 24.3 Å². The summed E-state index contributed by atoms with van der Waals surface area (Å²) < 4.78 is 1.64. The molecule has 3 heterocycles. The zero-order valence-corrected chi connectivity index (χ0v) is 30.9. The number of ketones is 1. The Morgan fingerprint density at radius 3 is 2.52 bits per heavy atom. The molecule has 0 unspecified atom stereocenters. The fourth-order valence-electron chi connectivity index (χ4n) is 6.10. The van der Waals surface area contributed by atoms with Crippen LogP contribution in [0.15, 0.2) is 60.9 Å². The van der Waals surface area contributed by atoms with E-state index < -0.39 is 5.97 Å². The second kappa shape index (κ2) is 17.3. The second-order valence-corrected chi connectivity index (χ2v) is 14.9. The highest BCUT2D eigenvalue weighted by Gasteiger charge is 2.28. The van der Waals surface area contributed by atoms with E-state index in [1.807, 2.05) is 42.1 Å². The van der Waals surface area contributed by atoms with Crippen molar-refractivity contribution in [3.63, 3.8) is 0 Å². The standard InChI is InChI=1S/C37H42ClN5O5S2/c1-4-28(5-2)42(17-16-41(3)32(44)13-14-33(45)46)21-24-7-6-8-25(19-24)36(48)40-37-34(30-15-18-49-23-31(30)50-37)35(47)26-20-39-43(22-26)29-11-9-27(38)10-12-29/h6-12,19-20,22,28H,4-5,13-18,21,23H2,1-3H3,(H,40,48)(H,45,46). The van der Waals surface area contributed by atoms with Crippen LogP contribution in [0.1, 0.15) is 81.8 Å². The van der Waals surface area contributed by atoms with Crippen molar-refractivity contribution in [1.29, 1.82) is 0 Å². The van der Waals surface area contributed by atoms with Gasteiger partial charge in [-0.2, -0.15) is 16.9 Å². The number of benzene rings is 2. The topological polar surface area (TPSA) is 125 Å². The number of thiophene rings is 1. The number of hydrogen-bond donors (Lipinski definition) is 2. The molecule has 2 aromatic heterocycles. The number of nitrogens with one attached hydrogen (secondary N) is 1. The molecule has 2 aromatic carbocycles. The van der Waals surface area contributed by atoms with Gasteiger partial charge in [0, 0.05) is 66.6 Å². The van der Waals surface area contributed by atoms with Crippen molar-refractivity contribution in [3.05, 3.63) is 98.6 Å². The number of amides is 2. The molecule has 5 rings (SSSR count). The predicted octanol–water partition coefficient (Wildman–Crippen LogP) is 7.17. The highest BCUT2D eigenvalue weighted by molar-refractivity contribution is 7.98. The molecule has 4 aromatic rings. The van der Waals surface area contributed by atoms with Crippen molar-refractivity contribution in [2.75, 3.05) is 31.2 Å². The lowest BCUT2D eigenvalue weighted by molar-refractivity contribution is -0.140. The molecule has 264 valence electrons. The summed E-state index contributed by atoms with van der Waals surface area (Å²) in [6, 6.07) is 15.0. The summed E-state index contributed by atoms with van der Waals surface area (Å²) in [5.74, 6) is 0.0486. The molecule has 0 atom stereocenters. The maximum Gasteiger partial charge on any atom is 0.303 e. The molecule has 0 radical (unpaired) electrons. The third-order valence-electron chi connectivity index (χ3n) is 8.95. The molecule has 10 nitrogen and oxygen atoms in total. The summed E-state index contributed by atoms with van der Waals surface area (Å²) in [7, 11) is 1.70. The summed E-state index contributed by atoms with van der Waals surface area (Å²) in [6.07, 6.45) is 5.64.